The molecule has 0 unspecified atom stereocenters. The molecule has 7 aliphatic rings. The van der Waals surface area contributed by atoms with Crippen LogP contribution < -0.4 is 0 Å². The fraction of sp³-hybridized carbons (Fsp3) is 0.806. The lowest BCUT2D eigenvalue weighted by atomic mass is 9.35. The summed E-state index contributed by atoms with van der Waals surface area (Å²) in [4.78, 5) is 42.2. The lowest BCUT2D eigenvalue weighted by molar-refractivity contribution is -0.264. The molecular formula is C36H48O10. The Morgan fingerprint density at radius 3 is 2.46 bits per heavy atom. The third kappa shape index (κ3) is 3.35. The number of carbonyl (C=O) groups is 3. The number of cyclic esters (lactones) is 2. The van der Waals surface area contributed by atoms with E-state index in [0.29, 0.717) is 37.9 Å². The van der Waals surface area contributed by atoms with Gasteiger partial charge >= 0.3 is 11.9 Å². The number of epoxide rings is 1. The van der Waals surface area contributed by atoms with Crippen LogP contribution in [0, 0.1) is 39.4 Å². The van der Waals surface area contributed by atoms with E-state index < -0.39 is 69.2 Å². The molecule has 7 fully saturated rings. The van der Waals surface area contributed by atoms with Crippen LogP contribution >= 0.6 is 0 Å². The van der Waals surface area contributed by atoms with E-state index in [-0.39, 0.29) is 36.8 Å². The van der Waals surface area contributed by atoms with Gasteiger partial charge in [0.05, 0.1) is 29.3 Å². The van der Waals surface area contributed by atoms with Crippen molar-refractivity contribution in [3.05, 3.63) is 23.7 Å². The number of ether oxygens (including phenoxy) is 4. The van der Waals surface area contributed by atoms with E-state index in [1.165, 1.54) is 0 Å². The molecule has 10 heteroatoms. The van der Waals surface area contributed by atoms with Crippen molar-refractivity contribution in [3.63, 3.8) is 0 Å². The number of ketones is 1. The molecule has 2 N–H and O–H groups in total. The quantitative estimate of drug-likeness (QED) is 0.342. The largest absolute Gasteiger partial charge is 0.469 e. The van der Waals surface area contributed by atoms with Crippen LogP contribution in [0.3, 0.4) is 0 Å². The highest BCUT2D eigenvalue weighted by Crippen LogP contribution is 2.81. The Labute approximate surface area is 269 Å². The van der Waals surface area contributed by atoms with Crippen LogP contribution in [-0.4, -0.2) is 70.7 Å². The average molecular weight is 641 g/mol. The molecule has 3 spiro atoms. The van der Waals surface area contributed by atoms with Crippen molar-refractivity contribution >= 4 is 17.7 Å². The lowest BCUT2D eigenvalue weighted by Gasteiger charge is -2.67. The molecule has 8 rings (SSSR count). The number of aliphatic hydroxyl groups excluding tert-OH is 2. The van der Waals surface area contributed by atoms with Crippen LogP contribution in [0.2, 0.25) is 0 Å². The zero-order valence-electron chi connectivity index (χ0n) is 27.6. The minimum absolute atomic E-state index is 0.00234. The van der Waals surface area contributed by atoms with Gasteiger partial charge in [-0.05, 0) is 63.9 Å². The van der Waals surface area contributed by atoms with E-state index in [9.17, 15) is 24.6 Å². The number of aliphatic hydroxyl groups is 2. The lowest BCUT2D eigenvalue weighted by Crippen LogP contribution is -2.77. The van der Waals surface area contributed by atoms with E-state index in [1.807, 2.05) is 26.8 Å². The standard InChI is InChI=1S/C36H48O10/c1-6-9-19(17-37)16-21-20(11-15-42-21)26-32(4)14-10-22-33(5,36(32)27(45-36)28(40)44-26)25(39)23(38)24-31(2,3)46-29-34(12-7-8-13-34)30(41)43-18-35(22,24)29/h11,15,19,22,24-27,29,37,39H,6-10,12-14,16-18H2,1-5H3/t19-,22+,24-,25+,26+,27+,29-,32+,33-,35-,36-/m0/s1. The molecule has 11 atom stereocenters. The minimum Gasteiger partial charge on any atom is -0.469 e. The monoisotopic (exact) mass is 640 g/mol. The normalized spacial score (nSPS) is 46.8. The molecule has 5 heterocycles. The van der Waals surface area contributed by atoms with Crippen LogP contribution in [0.25, 0.3) is 0 Å². The second-order valence-corrected chi connectivity index (χ2v) is 16.6. The second kappa shape index (κ2) is 9.67. The summed E-state index contributed by atoms with van der Waals surface area (Å²) in [7, 11) is 0. The predicted octanol–water partition coefficient (Wildman–Crippen LogP) is 4.23. The maximum absolute atomic E-state index is 14.7. The van der Waals surface area contributed by atoms with Gasteiger partial charge in [-0.3, -0.25) is 9.59 Å². The molecule has 0 aromatic carbocycles. The third-order valence-corrected chi connectivity index (χ3v) is 14.2. The van der Waals surface area contributed by atoms with E-state index in [2.05, 4.69) is 13.8 Å². The summed E-state index contributed by atoms with van der Waals surface area (Å²) in [6.07, 6.45) is 4.49. The first-order valence-electron chi connectivity index (χ1n) is 17.4. The number of rotatable bonds is 6. The summed E-state index contributed by atoms with van der Waals surface area (Å²) >= 11 is 0. The Balaban J connectivity index is 1.26. The van der Waals surface area contributed by atoms with E-state index in [4.69, 9.17) is 23.4 Å². The summed E-state index contributed by atoms with van der Waals surface area (Å²) in [5, 5.41) is 22.4. The Morgan fingerprint density at radius 2 is 1.76 bits per heavy atom. The van der Waals surface area contributed by atoms with Crippen LogP contribution in [0.5, 0.6) is 0 Å². The third-order valence-electron chi connectivity index (χ3n) is 14.2. The number of esters is 2. The first kappa shape index (κ1) is 31.0. The molecule has 4 aliphatic heterocycles. The molecule has 0 bridgehead atoms. The Bertz CT molecular complexity index is 1470. The Morgan fingerprint density at radius 1 is 1.02 bits per heavy atom. The Hall–Kier alpha value is -2.27. The van der Waals surface area contributed by atoms with Crippen molar-refractivity contribution in [3.8, 4) is 0 Å². The second-order valence-electron chi connectivity index (χ2n) is 16.6. The van der Waals surface area contributed by atoms with Gasteiger partial charge in [0.15, 0.2) is 11.9 Å². The molecule has 1 aromatic rings. The van der Waals surface area contributed by atoms with E-state index in [1.54, 1.807) is 6.26 Å². The van der Waals surface area contributed by atoms with Crippen molar-refractivity contribution in [2.24, 2.45) is 39.4 Å². The smallest absolute Gasteiger partial charge is 0.339 e. The number of fused-ring (bicyclic) bond motifs is 2. The van der Waals surface area contributed by atoms with Crippen molar-refractivity contribution in [2.75, 3.05) is 13.2 Å². The van der Waals surface area contributed by atoms with Crippen LogP contribution in [0.4, 0.5) is 0 Å². The molecule has 0 radical (unpaired) electrons. The molecule has 3 aliphatic carbocycles. The van der Waals surface area contributed by atoms with Crippen molar-refractivity contribution in [1.29, 1.82) is 0 Å². The molecule has 3 saturated carbocycles. The van der Waals surface area contributed by atoms with Gasteiger partial charge in [-0.2, -0.15) is 0 Å². The highest BCUT2D eigenvalue weighted by molar-refractivity contribution is 5.92. The summed E-state index contributed by atoms with van der Waals surface area (Å²) in [6, 6.07) is 1.84. The van der Waals surface area contributed by atoms with Gasteiger partial charge in [0, 0.05) is 34.8 Å². The maximum atomic E-state index is 14.7. The van der Waals surface area contributed by atoms with Gasteiger partial charge in [0.1, 0.15) is 30.2 Å². The number of hydrogen-bond acceptors (Lipinski definition) is 10. The molecule has 1 aromatic heterocycles. The summed E-state index contributed by atoms with van der Waals surface area (Å²) in [5.41, 5.74) is -5.08. The number of furan rings is 1. The summed E-state index contributed by atoms with van der Waals surface area (Å²) < 4.78 is 31.8. The molecule has 0 amide bonds. The molecule has 46 heavy (non-hydrogen) atoms. The van der Waals surface area contributed by atoms with Gasteiger partial charge in [-0.25, -0.2) is 4.79 Å². The van der Waals surface area contributed by atoms with Crippen LogP contribution in [0.15, 0.2) is 16.7 Å². The SMILES string of the molecule is CCC[C@H](CO)Cc1occc1[C@H]1OC(=O)[C@H]2O[C@@]23[C@]2(C)[C@H](O)C(=O)[C@H]4C(C)(C)O[C@H]5C6(CCCC6)C(=O)OC[C@]45[C@@H]2CC[C@]13C. The fourth-order valence-electron chi connectivity index (χ4n) is 12.5. The zero-order chi connectivity index (χ0) is 32.7. The zero-order valence-corrected chi connectivity index (χ0v) is 27.6. The van der Waals surface area contributed by atoms with Gasteiger partial charge in [0.25, 0.3) is 0 Å². The molecule has 252 valence electrons. The fourth-order valence-corrected chi connectivity index (χ4v) is 12.5. The van der Waals surface area contributed by atoms with Gasteiger partial charge in [-0.15, -0.1) is 0 Å². The number of carbonyl (C=O) groups excluding carboxylic acids is 3. The van der Waals surface area contributed by atoms with Crippen molar-refractivity contribution in [1.82, 2.24) is 0 Å². The first-order chi connectivity index (χ1) is 21.8. The van der Waals surface area contributed by atoms with Crippen molar-refractivity contribution < 1.29 is 48.0 Å². The number of Topliss-reactive ketones (excluding diaryl/α,β-unsaturated/α-hetero) is 1. The molecule has 4 saturated heterocycles. The van der Waals surface area contributed by atoms with E-state index >= 15 is 0 Å². The minimum atomic E-state index is -1.42. The topological polar surface area (TPSA) is 145 Å². The summed E-state index contributed by atoms with van der Waals surface area (Å²) in [6.45, 7) is 9.95. The van der Waals surface area contributed by atoms with Crippen LogP contribution in [-0.2, 0) is 39.8 Å². The summed E-state index contributed by atoms with van der Waals surface area (Å²) in [5.74, 6) is -1.41. The highest BCUT2D eigenvalue weighted by atomic mass is 16.7. The Kier molecular flexibility index (Phi) is 6.52. The van der Waals surface area contributed by atoms with Gasteiger partial charge < -0.3 is 33.6 Å². The van der Waals surface area contributed by atoms with Crippen molar-refractivity contribution in [2.45, 2.75) is 128 Å². The highest BCUT2D eigenvalue weighted by Gasteiger charge is 2.91. The van der Waals surface area contributed by atoms with E-state index in [0.717, 1.165) is 31.2 Å². The number of hydrogen-bond donors (Lipinski definition) is 2. The molecular weight excluding hydrogens is 592 g/mol. The maximum Gasteiger partial charge on any atom is 0.339 e. The predicted molar refractivity (Wildman–Crippen MR) is 161 cm³/mol. The first-order valence-corrected chi connectivity index (χ1v) is 17.4. The van der Waals surface area contributed by atoms with Gasteiger partial charge in [-0.1, -0.05) is 40.0 Å². The molecule has 10 nitrogen and oxygen atoms in total. The van der Waals surface area contributed by atoms with Crippen LogP contribution in [0.1, 0.15) is 103 Å². The van der Waals surface area contributed by atoms with Gasteiger partial charge in [0.2, 0.25) is 0 Å². The average Bonchev–Trinajstić information content (AvgIpc) is 3.27.